The molecular formula is C19H30N4O2S. The average Bonchev–Trinajstić information content (AvgIpc) is 3.07. The van der Waals surface area contributed by atoms with Crippen molar-refractivity contribution in [3.63, 3.8) is 0 Å². The largest absolute Gasteiger partial charge is 0.389 e. The third kappa shape index (κ3) is 4.32. The summed E-state index contributed by atoms with van der Waals surface area (Å²) in [6.45, 7) is 6.39. The molecule has 1 aromatic heterocycles. The highest BCUT2D eigenvalue weighted by Gasteiger charge is 2.33. The van der Waals surface area contributed by atoms with Gasteiger partial charge in [-0.15, -0.1) is 0 Å². The number of rotatable bonds is 5. The van der Waals surface area contributed by atoms with Crippen LogP contribution in [0, 0.1) is 0 Å². The van der Waals surface area contributed by atoms with E-state index in [2.05, 4.69) is 14.9 Å². The van der Waals surface area contributed by atoms with Gasteiger partial charge in [0.2, 0.25) is 0 Å². The number of β-amino-alcohol motifs (C(OH)–C–C–N with tert-alkyl or cyclic N) is 1. The smallest absolute Gasteiger partial charge is 0.267 e. The minimum atomic E-state index is -0.444. The van der Waals surface area contributed by atoms with Crippen molar-refractivity contribution in [3.8, 4) is 0 Å². The van der Waals surface area contributed by atoms with Gasteiger partial charge in [-0.25, -0.2) is 4.68 Å². The number of nitrogens with zero attached hydrogens (tertiary/aromatic N) is 4. The van der Waals surface area contributed by atoms with Crippen LogP contribution in [0.5, 0.6) is 0 Å². The standard InChI is InChI=1S/C19H30N4O2S/c24-18-13-16-14-26-12-3-17(16)20-23(18)11-10-21-6-8-22(9-7-21)15-19(25)4-1-2-5-19/h13,25H,1-12,14-15H2. The van der Waals surface area contributed by atoms with Gasteiger partial charge in [0, 0.05) is 57.5 Å². The summed E-state index contributed by atoms with van der Waals surface area (Å²) >= 11 is 1.88. The molecule has 1 saturated heterocycles. The molecule has 3 heterocycles. The molecule has 7 heteroatoms. The molecule has 0 amide bonds. The van der Waals surface area contributed by atoms with Crippen molar-refractivity contribution in [2.75, 3.05) is 45.0 Å². The molecule has 1 aliphatic carbocycles. The van der Waals surface area contributed by atoms with E-state index >= 15 is 0 Å². The lowest BCUT2D eigenvalue weighted by atomic mass is 10.0. The Labute approximate surface area is 159 Å². The van der Waals surface area contributed by atoms with Gasteiger partial charge in [0.1, 0.15) is 0 Å². The minimum absolute atomic E-state index is 0.0355. The van der Waals surface area contributed by atoms with Crippen LogP contribution in [0.25, 0.3) is 0 Å². The number of fused-ring (bicyclic) bond motifs is 1. The summed E-state index contributed by atoms with van der Waals surface area (Å²) in [5, 5.41) is 15.2. The van der Waals surface area contributed by atoms with Crippen LogP contribution in [0.3, 0.4) is 0 Å². The van der Waals surface area contributed by atoms with Crippen molar-refractivity contribution >= 4 is 11.8 Å². The number of aliphatic hydroxyl groups is 1. The molecule has 0 atom stereocenters. The topological polar surface area (TPSA) is 61.6 Å². The summed E-state index contributed by atoms with van der Waals surface area (Å²) in [4.78, 5) is 17.1. The fourth-order valence-corrected chi connectivity index (χ4v) is 5.38. The van der Waals surface area contributed by atoms with Crippen molar-refractivity contribution < 1.29 is 5.11 Å². The van der Waals surface area contributed by atoms with Crippen molar-refractivity contribution in [2.24, 2.45) is 0 Å². The monoisotopic (exact) mass is 378 g/mol. The molecule has 0 aromatic carbocycles. The van der Waals surface area contributed by atoms with Gasteiger partial charge in [-0.3, -0.25) is 14.6 Å². The molecule has 26 heavy (non-hydrogen) atoms. The van der Waals surface area contributed by atoms with E-state index in [9.17, 15) is 9.90 Å². The molecule has 0 radical (unpaired) electrons. The molecule has 0 spiro atoms. The average molecular weight is 379 g/mol. The van der Waals surface area contributed by atoms with Crippen LogP contribution in [-0.2, 0) is 18.7 Å². The third-order valence-electron chi connectivity index (χ3n) is 6.05. The van der Waals surface area contributed by atoms with E-state index in [4.69, 9.17) is 0 Å². The van der Waals surface area contributed by atoms with Gasteiger partial charge >= 0.3 is 0 Å². The zero-order valence-electron chi connectivity index (χ0n) is 15.5. The quantitative estimate of drug-likeness (QED) is 0.823. The van der Waals surface area contributed by atoms with E-state index in [0.717, 1.165) is 94.1 Å². The Morgan fingerprint density at radius 1 is 1.12 bits per heavy atom. The maximum atomic E-state index is 12.3. The zero-order valence-corrected chi connectivity index (χ0v) is 16.3. The van der Waals surface area contributed by atoms with E-state index in [1.165, 1.54) is 0 Å². The Morgan fingerprint density at radius 2 is 1.85 bits per heavy atom. The third-order valence-corrected chi connectivity index (χ3v) is 7.06. The molecule has 0 bridgehead atoms. The van der Waals surface area contributed by atoms with Gasteiger partial charge in [-0.1, -0.05) is 12.8 Å². The van der Waals surface area contributed by atoms with Crippen LogP contribution in [-0.4, -0.2) is 75.3 Å². The summed E-state index contributed by atoms with van der Waals surface area (Å²) in [5.74, 6) is 2.03. The predicted octanol–water partition coefficient (Wildman–Crippen LogP) is 0.955. The lowest BCUT2D eigenvalue weighted by Gasteiger charge is -2.38. The van der Waals surface area contributed by atoms with Crippen molar-refractivity contribution in [1.29, 1.82) is 0 Å². The summed E-state index contributed by atoms with van der Waals surface area (Å²) in [6, 6.07) is 1.79. The fourth-order valence-electron chi connectivity index (χ4n) is 4.43. The van der Waals surface area contributed by atoms with Crippen LogP contribution in [0.1, 0.15) is 36.9 Å². The second-order valence-electron chi connectivity index (χ2n) is 8.03. The van der Waals surface area contributed by atoms with Gasteiger partial charge in [0.05, 0.1) is 17.8 Å². The molecule has 2 fully saturated rings. The van der Waals surface area contributed by atoms with E-state index in [-0.39, 0.29) is 5.56 Å². The van der Waals surface area contributed by atoms with Gasteiger partial charge in [-0.2, -0.15) is 16.9 Å². The first-order valence-corrected chi connectivity index (χ1v) is 11.1. The second kappa shape index (κ2) is 8.00. The van der Waals surface area contributed by atoms with E-state index in [1.54, 1.807) is 10.7 Å². The molecule has 6 nitrogen and oxygen atoms in total. The fraction of sp³-hybridized carbons (Fsp3) is 0.789. The Hall–Kier alpha value is -0.890. The number of aryl methyl sites for hydroxylation is 1. The lowest BCUT2D eigenvalue weighted by molar-refractivity contribution is -0.00487. The summed E-state index contributed by atoms with van der Waals surface area (Å²) in [6.07, 6.45) is 5.22. The Bertz CT molecular complexity index is 679. The highest BCUT2D eigenvalue weighted by Crippen LogP contribution is 2.30. The highest BCUT2D eigenvalue weighted by molar-refractivity contribution is 7.98. The van der Waals surface area contributed by atoms with E-state index in [0.29, 0.717) is 6.54 Å². The maximum Gasteiger partial charge on any atom is 0.267 e. The molecule has 1 aromatic rings. The van der Waals surface area contributed by atoms with Crippen LogP contribution in [0.15, 0.2) is 10.9 Å². The summed E-state index contributed by atoms with van der Waals surface area (Å²) < 4.78 is 1.66. The Balaban J connectivity index is 1.27. The molecule has 4 rings (SSSR count). The number of hydrogen-bond acceptors (Lipinski definition) is 6. The van der Waals surface area contributed by atoms with E-state index in [1.807, 2.05) is 11.8 Å². The number of aromatic nitrogens is 2. The van der Waals surface area contributed by atoms with Gasteiger partial charge in [-0.05, 0) is 24.2 Å². The lowest BCUT2D eigenvalue weighted by Crippen LogP contribution is -2.51. The molecule has 1 saturated carbocycles. The first-order valence-electron chi connectivity index (χ1n) is 9.96. The molecule has 3 aliphatic rings. The van der Waals surface area contributed by atoms with Crippen LogP contribution in [0.2, 0.25) is 0 Å². The number of thioether (sulfide) groups is 1. The van der Waals surface area contributed by atoms with Crippen LogP contribution >= 0.6 is 11.8 Å². The predicted molar refractivity (Wildman–Crippen MR) is 105 cm³/mol. The second-order valence-corrected chi connectivity index (χ2v) is 9.13. The van der Waals surface area contributed by atoms with Gasteiger partial charge in [0.15, 0.2) is 0 Å². The summed E-state index contributed by atoms with van der Waals surface area (Å²) in [7, 11) is 0. The van der Waals surface area contributed by atoms with Crippen molar-refractivity contribution in [2.45, 2.75) is 50.0 Å². The molecular weight excluding hydrogens is 348 g/mol. The molecule has 1 N–H and O–H groups in total. The zero-order chi connectivity index (χ0) is 18.0. The molecule has 144 valence electrons. The van der Waals surface area contributed by atoms with E-state index < -0.39 is 5.60 Å². The SMILES string of the molecule is O=c1cc2c(nn1CCN1CCN(CC3(O)CCCC3)CC1)CCSC2. The Kier molecular flexibility index (Phi) is 5.69. The van der Waals surface area contributed by atoms with Gasteiger partial charge in [0.25, 0.3) is 5.56 Å². The van der Waals surface area contributed by atoms with Crippen molar-refractivity contribution in [1.82, 2.24) is 19.6 Å². The van der Waals surface area contributed by atoms with Gasteiger partial charge < -0.3 is 5.11 Å². The van der Waals surface area contributed by atoms with Crippen molar-refractivity contribution in [3.05, 3.63) is 27.7 Å². The first-order chi connectivity index (χ1) is 12.6. The maximum absolute atomic E-state index is 12.3. The number of hydrogen-bond donors (Lipinski definition) is 1. The highest BCUT2D eigenvalue weighted by atomic mass is 32.2. The summed E-state index contributed by atoms with van der Waals surface area (Å²) in [5.41, 5.74) is 1.83. The Morgan fingerprint density at radius 3 is 2.62 bits per heavy atom. The molecule has 0 unspecified atom stereocenters. The molecule has 2 aliphatic heterocycles. The minimum Gasteiger partial charge on any atom is -0.389 e. The van der Waals surface area contributed by atoms with Crippen LogP contribution < -0.4 is 5.56 Å². The first kappa shape index (κ1) is 18.5. The van der Waals surface area contributed by atoms with Crippen LogP contribution in [0.4, 0.5) is 0 Å². The number of piperazine rings is 1. The normalized spacial score (nSPS) is 23.9.